The number of fused-ring (bicyclic) bond motifs is 1. The maximum Gasteiger partial charge on any atom is 0.216 e. The standard InChI is InChI=1S/C7H5Cl2N3/c8-7-10-4-5-2-1-3-12(9)6(5)11-7/h1-4,7H. The van der Waals surface area contributed by atoms with E-state index in [1.54, 1.807) is 12.4 Å². The zero-order valence-corrected chi connectivity index (χ0v) is 7.50. The lowest BCUT2D eigenvalue weighted by atomic mass is 10.2. The summed E-state index contributed by atoms with van der Waals surface area (Å²) in [5.41, 5.74) is 0.328. The van der Waals surface area contributed by atoms with Gasteiger partial charge < -0.3 is 0 Å². The topological polar surface area (TPSA) is 28.0 Å². The normalized spacial score (nSPS) is 26.5. The van der Waals surface area contributed by atoms with Gasteiger partial charge in [-0.1, -0.05) is 11.6 Å². The van der Waals surface area contributed by atoms with Crippen molar-refractivity contribution >= 4 is 35.4 Å². The molecule has 62 valence electrons. The molecule has 2 rings (SSSR count). The molecule has 0 bridgehead atoms. The molecule has 0 aromatic carbocycles. The van der Waals surface area contributed by atoms with Crippen LogP contribution in [-0.4, -0.2) is 22.1 Å². The van der Waals surface area contributed by atoms with Crippen molar-refractivity contribution in [2.24, 2.45) is 9.98 Å². The van der Waals surface area contributed by atoms with E-state index in [4.69, 9.17) is 23.4 Å². The van der Waals surface area contributed by atoms with Crippen molar-refractivity contribution in [3.8, 4) is 0 Å². The third-order valence-corrected chi connectivity index (χ3v) is 2.00. The first-order chi connectivity index (χ1) is 5.77. The number of hydrogen-bond donors (Lipinski definition) is 0. The van der Waals surface area contributed by atoms with Crippen molar-refractivity contribution in [1.82, 2.24) is 4.42 Å². The molecule has 0 aromatic heterocycles. The Morgan fingerprint density at radius 2 is 2.33 bits per heavy atom. The predicted octanol–water partition coefficient (Wildman–Crippen LogP) is 1.90. The Morgan fingerprint density at radius 1 is 1.50 bits per heavy atom. The Hall–Kier alpha value is -0.800. The fraction of sp³-hybridized carbons (Fsp3) is 0.143. The smallest absolute Gasteiger partial charge is 0.216 e. The molecule has 0 N–H and O–H groups in total. The second kappa shape index (κ2) is 2.92. The molecule has 0 saturated carbocycles. The number of halogens is 2. The molecule has 2 aliphatic rings. The van der Waals surface area contributed by atoms with E-state index in [9.17, 15) is 0 Å². The largest absolute Gasteiger partial charge is 0.250 e. The van der Waals surface area contributed by atoms with E-state index in [1.165, 1.54) is 4.42 Å². The molecule has 0 amide bonds. The average molecular weight is 202 g/mol. The highest BCUT2D eigenvalue weighted by Gasteiger charge is 2.18. The van der Waals surface area contributed by atoms with E-state index >= 15 is 0 Å². The monoisotopic (exact) mass is 201 g/mol. The Morgan fingerprint density at radius 3 is 3.17 bits per heavy atom. The maximum atomic E-state index is 5.81. The van der Waals surface area contributed by atoms with Gasteiger partial charge in [0.15, 0.2) is 5.84 Å². The molecule has 3 nitrogen and oxygen atoms in total. The van der Waals surface area contributed by atoms with E-state index < -0.39 is 5.62 Å². The predicted molar refractivity (Wildman–Crippen MR) is 50.5 cm³/mol. The summed E-state index contributed by atoms with van der Waals surface area (Å²) in [7, 11) is 0. The minimum absolute atomic E-state index is 0.551. The van der Waals surface area contributed by atoms with E-state index in [0.717, 1.165) is 5.57 Å². The third kappa shape index (κ3) is 1.26. The number of rotatable bonds is 0. The van der Waals surface area contributed by atoms with Gasteiger partial charge in [0.2, 0.25) is 5.62 Å². The second-order valence-corrected chi connectivity index (χ2v) is 3.07. The van der Waals surface area contributed by atoms with Crippen LogP contribution in [-0.2, 0) is 0 Å². The number of alkyl halides is 1. The highest BCUT2D eigenvalue weighted by atomic mass is 35.5. The summed E-state index contributed by atoms with van der Waals surface area (Å²) < 4.78 is 1.40. The van der Waals surface area contributed by atoms with Crippen LogP contribution in [0.4, 0.5) is 0 Å². The van der Waals surface area contributed by atoms with E-state index in [2.05, 4.69) is 9.98 Å². The summed E-state index contributed by atoms with van der Waals surface area (Å²) in [6, 6.07) is 0. The van der Waals surface area contributed by atoms with Crippen LogP contribution in [0.1, 0.15) is 0 Å². The molecule has 0 radical (unpaired) electrons. The number of amidine groups is 1. The third-order valence-electron chi connectivity index (χ3n) is 1.52. The van der Waals surface area contributed by atoms with Crippen molar-refractivity contribution in [2.45, 2.75) is 5.62 Å². The van der Waals surface area contributed by atoms with Crippen LogP contribution in [0.2, 0.25) is 0 Å². The van der Waals surface area contributed by atoms with Crippen molar-refractivity contribution in [3.05, 3.63) is 23.9 Å². The molecule has 1 atom stereocenters. The molecule has 2 heterocycles. The van der Waals surface area contributed by atoms with Crippen molar-refractivity contribution in [2.75, 3.05) is 0 Å². The van der Waals surface area contributed by atoms with Crippen LogP contribution in [0, 0.1) is 0 Å². The Balaban J connectivity index is 2.40. The average Bonchev–Trinajstić information content (AvgIpc) is 2.07. The van der Waals surface area contributed by atoms with Gasteiger partial charge in [0, 0.05) is 29.8 Å². The first-order valence-electron chi connectivity index (χ1n) is 3.36. The van der Waals surface area contributed by atoms with Gasteiger partial charge in [0.1, 0.15) is 0 Å². The van der Waals surface area contributed by atoms with Crippen LogP contribution in [0.15, 0.2) is 33.9 Å². The molecule has 0 aromatic rings. The minimum atomic E-state index is -0.551. The molecule has 1 unspecified atom stereocenters. The molecular formula is C7H5Cl2N3. The number of hydrogen-bond acceptors (Lipinski definition) is 3. The molecule has 0 spiro atoms. The van der Waals surface area contributed by atoms with Crippen LogP contribution in [0.3, 0.4) is 0 Å². The van der Waals surface area contributed by atoms with Gasteiger partial charge in [0.25, 0.3) is 0 Å². The van der Waals surface area contributed by atoms with Gasteiger partial charge >= 0.3 is 0 Å². The zero-order valence-electron chi connectivity index (χ0n) is 5.98. The van der Waals surface area contributed by atoms with E-state index in [0.29, 0.717) is 5.84 Å². The lowest BCUT2D eigenvalue weighted by molar-refractivity contribution is 0.847. The van der Waals surface area contributed by atoms with Crippen molar-refractivity contribution in [3.63, 3.8) is 0 Å². The molecule has 2 aliphatic heterocycles. The Bertz CT molecular complexity index is 317. The van der Waals surface area contributed by atoms with Crippen molar-refractivity contribution in [1.29, 1.82) is 0 Å². The summed E-state index contributed by atoms with van der Waals surface area (Å²) in [6.07, 6.45) is 7.07. The Kier molecular flexibility index (Phi) is 1.90. The maximum absolute atomic E-state index is 5.81. The van der Waals surface area contributed by atoms with Crippen LogP contribution >= 0.6 is 23.4 Å². The summed E-state index contributed by atoms with van der Waals surface area (Å²) in [6.45, 7) is 0. The minimum Gasteiger partial charge on any atom is -0.250 e. The summed E-state index contributed by atoms with van der Waals surface area (Å²) in [5, 5.41) is 0. The lowest BCUT2D eigenvalue weighted by Crippen LogP contribution is -2.25. The first-order valence-corrected chi connectivity index (χ1v) is 4.14. The van der Waals surface area contributed by atoms with Gasteiger partial charge in [-0.15, -0.1) is 0 Å². The molecule has 5 heteroatoms. The van der Waals surface area contributed by atoms with Gasteiger partial charge in [-0.25, -0.2) is 9.41 Å². The van der Waals surface area contributed by atoms with Gasteiger partial charge in [-0.05, 0) is 12.2 Å². The van der Waals surface area contributed by atoms with Gasteiger partial charge in [0.05, 0.1) is 0 Å². The summed E-state index contributed by atoms with van der Waals surface area (Å²) in [4.78, 5) is 7.96. The lowest BCUT2D eigenvalue weighted by Gasteiger charge is -2.20. The zero-order chi connectivity index (χ0) is 8.55. The van der Waals surface area contributed by atoms with Crippen molar-refractivity contribution < 1.29 is 0 Å². The van der Waals surface area contributed by atoms with E-state index in [1.807, 2.05) is 12.2 Å². The summed E-state index contributed by atoms with van der Waals surface area (Å²) >= 11 is 11.5. The molecule has 0 saturated heterocycles. The molecule has 0 aliphatic carbocycles. The number of aliphatic imine (C=N–C) groups is 2. The first kappa shape index (κ1) is 7.83. The number of nitrogens with zero attached hydrogens (tertiary/aromatic N) is 3. The van der Waals surface area contributed by atoms with Crippen LogP contribution < -0.4 is 0 Å². The highest BCUT2D eigenvalue weighted by molar-refractivity contribution is 6.32. The number of allylic oxidation sites excluding steroid dienone is 2. The molecule has 0 fully saturated rings. The van der Waals surface area contributed by atoms with Gasteiger partial charge in [-0.3, -0.25) is 4.99 Å². The quantitative estimate of drug-likeness (QED) is 0.335. The molecular weight excluding hydrogens is 197 g/mol. The van der Waals surface area contributed by atoms with Gasteiger partial charge in [-0.2, -0.15) is 0 Å². The summed E-state index contributed by atoms with van der Waals surface area (Å²) in [5.74, 6) is 0.647. The molecule has 12 heavy (non-hydrogen) atoms. The second-order valence-electron chi connectivity index (χ2n) is 2.32. The van der Waals surface area contributed by atoms with Crippen LogP contribution in [0.5, 0.6) is 0 Å². The fourth-order valence-corrected chi connectivity index (χ4v) is 1.35. The SMILES string of the molecule is ClC1N=CC2=CC=CN(Cl)C2=N1. The fourth-order valence-electron chi connectivity index (χ4n) is 0.997. The van der Waals surface area contributed by atoms with E-state index in [-0.39, 0.29) is 0 Å². The van der Waals surface area contributed by atoms with Crippen LogP contribution in [0.25, 0.3) is 0 Å². The Labute approximate surface area is 79.8 Å². The highest BCUT2D eigenvalue weighted by Crippen LogP contribution is 2.18.